The fraction of sp³-hybridized carbons (Fsp3) is 0.294. The van der Waals surface area contributed by atoms with Crippen molar-refractivity contribution in [1.29, 1.82) is 0 Å². The summed E-state index contributed by atoms with van der Waals surface area (Å²) in [5.41, 5.74) is 3.94. The van der Waals surface area contributed by atoms with Crippen molar-refractivity contribution in [1.82, 2.24) is 0 Å². The van der Waals surface area contributed by atoms with Crippen LogP contribution < -0.4 is 0 Å². The van der Waals surface area contributed by atoms with Crippen LogP contribution in [0.25, 0.3) is 0 Å². The van der Waals surface area contributed by atoms with E-state index in [0.29, 0.717) is 6.42 Å². The molecule has 3 rings (SSSR count). The summed E-state index contributed by atoms with van der Waals surface area (Å²) >= 11 is 0. The Balaban J connectivity index is 2.19. The molecular formula is C17H17FO. The Morgan fingerprint density at radius 1 is 1.05 bits per heavy atom. The normalized spacial score (nSPS) is 21.5. The Kier molecular flexibility index (Phi) is 2.72. The highest BCUT2D eigenvalue weighted by Crippen LogP contribution is 2.43. The van der Waals surface area contributed by atoms with Gasteiger partial charge in [-0.15, -0.1) is 0 Å². The first-order valence-electron chi connectivity index (χ1n) is 6.60. The summed E-state index contributed by atoms with van der Waals surface area (Å²) in [6.45, 7) is 4.03. The van der Waals surface area contributed by atoms with Crippen molar-refractivity contribution in [2.24, 2.45) is 0 Å². The van der Waals surface area contributed by atoms with Crippen molar-refractivity contribution in [3.05, 3.63) is 70.0 Å². The molecule has 98 valence electrons. The minimum Gasteiger partial charge on any atom is -0.380 e. The zero-order chi connectivity index (χ0) is 13.6. The quantitative estimate of drug-likeness (QED) is 0.826. The highest BCUT2D eigenvalue weighted by molar-refractivity contribution is 5.48. The largest absolute Gasteiger partial charge is 0.380 e. The van der Waals surface area contributed by atoms with Crippen molar-refractivity contribution < 1.29 is 9.50 Å². The number of fused-ring (bicyclic) bond motifs is 1. The smallest absolute Gasteiger partial charge is 0.123 e. The fourth-order valence-corrected chi connectivity index (χ4v) is 3.08. The van der Waals surface area contributed by atoms with E-state index in [4.69, 9.17) is 0 Å². The van der Waals surface area contributed by atoms with Gasteiger partial charge in [0.25, 0.3) is 0 Å². The van der Waals surface area contributed by atoms with Crippen molar-refractivity contribution >= 4 is 0 Å². The van der Waals surface area contributed by atoms with Gasteiger partial charge in [0, 0.05) is 0 Å². The molecule has 2 heteroatoms. The first-order chi connectivity index (χ1) is 9.00. The summed E-state index contributed by atoms with van der Waals surface area (Å²) < 4.78 is 13.3. The Labute approximate surface area is 112 Å². The van der Waals surface area contributed by atoms with Gasteiger partial charge in [-0.2, -0.15) is 0 Å². The first-order valence-corrected chi connectivity index (χ1v) is 6.60. The number of benzene rings is 2. The highest BCUT2D eigenvalue weighted by atomic mass is 19.1. The summed E-state index contributed by atoms with van der Waals surface area (Å²) in [4.78, 5) is 0. The van der Waals surface area contributed by atoms with Crippen LogP contribution in [0.1, 0.15) is 34.2 Å². The van der Waals surface area contributed by atoms with Gasteiger partial charge in [0.05, 0.1) is 0 Å². The maximum absolute atomic E-state index is 13.3. The lowest BCUT2D eigenvalue weighted by Gasteiger charge is -2.27. The lowest BCUT2D eigenvalue weighted by Crippen LogP contribution is -2.25. The van der Waals surface area contributed by atoms with E-state index in [1.54, 1.807) is 12.1 Å². The number of hydrogen-bond acceptors (Lipinski definition) is 1. The molecule has 0 saturated heterocycles. The summed E-state index contributed by atoms with van der Waals surface area (Å²) in [6, 6.07) is 10.8. The van der Waals surface area contributed by atoms with Crippen LogP contribution in [0.15, 0.2) is 36.4 Å². The average molecular weight is 256 g/mol. The van der Waals surface area contributed by atoms with Crippen molar-refractivity contribution in [2.75, 3.05) is 0 Å². The van der Waals surface area contributed by atoms with Gasteiger partial charge in [-0.25, -0.2) is 4.39 Å². The summed E-state index contributed by atoms with van der Waals surface area (Å²) in [7, 11) is 0. The minimum atomic E-state index is -0.973. The molecule has 0 aliphatic heterocycles. The molecule has 0 saturated carbocycles. The number of aliphatic hydroxyl groups is 1. The summed E-state index contributed by atoms with van der Waals surface area (Å²) in [5.74, 6) is -0.232. The molecule has 2 aromatic rings. The van der Waals surface area contributed by atoms with Crippen LogP contribution in [0.2, 0.25) is 0 Å². The van der Waals surface area contributed by atoms with Crippen LogP contribution in [0.5, 0.6) is 0 Å². The second-order valence-electron chi connectivity index (χ2n) is 5.48. The van der Waals surface area contributed by atoms with Gasteiger partial charge in [0.15, 0.2) is 0 Å². The number of halogens is 1. The SMILES string of the molecule is Cc1ccc(C)c(C2(O)CCc3cc(F)ccc32)c1. The third kappa shape index (κ3) is 1.87. The molecule has 1 aliphatic carbocycles. The molecule has 1 nitrogen and oxygen atoms in total. The summed E-state index contributed by atoms with van der Waals surface area (Å²) in [6.07, 6.45) is 1.34. The maximum atomic E-state index is 13.3. The highest BCUT2D eigenvalue weighted by Gasteiger charge is 2.39. The third-order valence-corrected chi connectivity index (χ3v) is 4.11. The number of aryl methyl sites for hydroxylation is 3. The predicted molar refractivity (Wildman–Crippen MR) is 73.6 cm³/mol. The molecule has 0 heterocycles. The number of hydrogen-bond donors (Lipinski definition) is 1. The molecule has 0 bridgehead atoms. The van der Waals surface area contributed by atoms with Gasteiger partial charge >= 0.3 is 0 Å². The molecule has 0 aromatic heterocycles. The molecule has 0 radical (unpaired) electrons. The van der Waals surface area contributed by atoms with Gasteiger partial charge < -0.3 is 5.11 Å². The standard InChI is InChI=1S/C17H17FO/c1-11-3-4-12(2)16(9-11)17(19)8-7-13-10-14(18)5-6-15(13)17/h3-6,9-10,19H,7-8H2,1-2H3. The van der Waals surface area contributed by atoms with E-state index in [0.717, 1.165) is 34.2 Å². The Hall–Kier alpha value is -1.67. The molecule has 19 heavy (non-hydrogen) atoms. The molecule has 1 N–H and O–H groups in total. The summed E-state index contributed by atoms with van der Waals surface area (Å²) in [5, 5.41) is 11.1. The first kappa shape index (κ1) is 12.4. The van der Waals surface area contributed by atoms with Crippen LogP contribution >= 0.6 is 0 Å². The van der Waals surface area contributed by atoms with Crippen LogP contribution in [-0.2, 0) is 12.0 Å². The predicted octanol–water partition coefficient (Wildman–Crippen LogP) is 3.62. The zero-order valence-corrected chi connectivity index (χ0v) is 11.2. The molecule has 0 spiro atoms. The lowest BCUT2D eigenvalue weighted by molar-refractivity contribution is 0.0822. The van der Waals surface area contributed by atoms with E-state index in [2.05, 4.69) is 0 Å². The van der Waals surface area contributed by atoms with E-state index in [9.17, 15) is 9.50 Å². The van der Waals surface area contributed by atoms with E-state index < -0.39 is 5.60 Å². The van der Waals surface area contributed by atoms with Gasteiger partial charge in [-0.1, -0.05) is 29.8 Å². The molecule has 0 amide bonds. The van der Waals surface area contributed by atoms with Gasteiger partial charge in [-0.3, -0.25) is 0 Å². The van der Waals surface area contributed by atoms with Crippen molar-refractivity contribution in [3.63, 3.8) is 0 Å². The van der Waals surface area contributed by atoms with E-state index >= 15 is 0 Å². The van der Waals surface area contributed by atoms with Crippen molar-refractivity contribution in [3.8, 4) is 0 Å². The van der Waals surface area contributed by atoms with Gasteiger partial charge in [-0.05, 0) is 61.1 Å². The van der Waals surface area contributed by atoms with Gasteiger partial charge in [0.2, 0.25) is 0 Å². The molecular weight excluding hydrogens is 239 g/mol. The minimum absolute atomic E-state index is 0.232. The van der Waals surface area contributed by atoms with Crippen LogP contribution in [0.4, 0.5) is 4.39 Å². The van der Waals surface area contributed by atoms with Gasteiger partial charge in [0.1, 0.15) is 11.4 Å². The molecule has 1 aliphatic rings. The Morgan fingerprint density at radius 2 is 1.84 bits per heavy atom. The second kappa shape index (κ2) is 4.17. The monoisotopic (exact) mass is 256 g/mol. The van der Waals surface area contributed by atoms with E-state index in [-0.39, 0.29) is 5.82 Å². The van der Waals surface area contributed by atoms with E-state index in [1.807, 2.05) is 32.0 Å². The third-order valence-electron chi connectivity index (χ3n) is 4.11. The molecule has 1 atom stereocenters. The topological polar surface area (TPSA) is 20.2 Å². The Bertz CT molecular complexity index is 648. The lowest BCUT2D eigenvalue weighted by atomic mass is 9.84. The number of rotatable bonds is 1. The van der Waals surface area contributed by atoms with Crippen LogP contribution in [-0.4, -0.2) is 5.11 Å². The fourth-order valence-electron chi connectivity index (χ4n) is 3.08. The average Bonchev–Trinajstić information content (AvgIpc) is 2.70. The molecule has 0 fully saturated rings. The Morgan fingerprint density at radius 3 is 2.63 bits per heavy atom. The van der Waals surface area contributed by atoms with Crippen LogP contribution in [0.3, 0.4) is 0 Å². The zero-order valence-electron chi connectivity index (χ0n) is 11.2. The molecule has 1 unspecified atom stereocenters. The maximum Gasteiger partial charge on any atom is 0.123 e. The van der Waals surface area contributed by atoms with Crippen molar-refractivity contribution in [2.45, 2.75) is 32.3 Å². The van der Waals surface area contributed by atoms with Crippen LogP contribution in [0, 0.1) is 19.7 Å². The molecule has 2 aromatic carbocycles. The second-order valence-corrected chi connectivity index (χ2v) is 5.48. The van der Waals surface area contributed by atoms with E-state index in [1.165, 1.54) is 6.07 Å².